The molecule has 6 heteroatoms. The zero-order valence-corrected chi connectivity index (χ0v) is 13.9. The number of rotatable bonds is 2. The van der Waals surface area contributed by atoms with Gasteiger partial charge in [0.05, 0.1) is 11.4 Å². The molecule has 0 unspecified atom stereocenters. The summed E-state index contributed by atoms with van der Waals surface area (Å²) in [6.07, 6.45) is 4.37. The van der Waals surface area contributed by atoms with E-state index in [0.717, 1.165) is 55.1 Å². The highest BCUT2D eigenvalue weighted by Gasteiger charge is 2.24. The van der Waals surface area contributed by atoms with Crippen LogP contribution in [0.5, 0.6) is 0 Å². The number of fused-ring (bicyclic) bond motifs is 2. The number of piperidine rings is 1. The first kappa shape index (κ1) is 14.9. The molecule has 23 heavy (non-hydrogen) atoms. The summed E-state index contributed by atoms with van der Waals surface area (Å²) in [5, 5.41) is 6.81. The second-order valence-electron chi connectivity index (χ2n) is 7.06. The minimum Gasteiger partial charge on any atom is -0.309 e. The number of hydrogen-bond donors (Lipinski definition) is 2. The fourth-order valence-electron chi connectivity index (χ4n) is 3.77. The van der Waals surface area contributed by atoms with Gasteiger partial charge in [0.2, 0.25) is 0 Å². The maximum atomic E-state index is 12.8. The van der Waals surface area contributed by atoms with Crippen LogP contribution in [0.2, 0.25) is 0 Å². The van der Waals surface area contributed by atoms with E-state index in [-0.39, 0.29) is 5.56 Å². The van der Waals surface area contributed by atoms with Crippen molar-refractivity contribution in [3.63, 3.8) is 0 Å². The van der Waals surface area contributed by atoms with Crippen LogP contribution >= 0.6 is 0 Å². The lowest BCUT2D eigenvalue weighted by Crippen LogP contribution is -2.39. The molecule has 4 heterocycles. The number of aromatic amines is 1. The predicted molar refractivity (Wildman–Crippen MR) is 89.7 cm³/mol. The van der Waals surface area contributed by atoms with Gasteiger partial charge in [-0.15, -0.1) is 0 Å². The van der Waals surface area contributed by atoms with Gasteiger partial charge in [0.25, 0.3) is 5.56 Å². The maximum Gasteiger partial charge on any atom is 0.276 e. The van der Waals surface area contributed by atoms with Gasteiger partial charge in [-0.3, -0.25) is 14.8 Å². The summed E-state index contributed by atoms with van der Waals surface area (Å²) in [4.78, 5) is 20.0. The van der Waals surface area contributed by atoms with Crippen LogP contribution in [-0.2, 0) is 13.0 Å². The van der Waals surface area contributed by atoms with Crippen molar-refractivity contribution >= 4 is 5.65 Å². The SMILES string of the molecule is CC(C)N1CCc2c(nc3cc([C@H]4CCCCN4)[nH]n3c2=O)C1. The van der Waals surface area contributed by atoms with E-state index in [4.69, 9.17) is 4.98 Å². The molecule has 2 aliphatic heterocycles. The Morgan fingerprint density at radius 3 is 2.96 bits per heavy atom. The number of H-pyrrole nitrogens is 1. The van der Waals surface area contributed by atoms with Crippen LogP contribution in [0, 0.1) is 0 Å². The summed E-state index contributed by atoms with van der Waals surface area (Å²) in [6, 6.07) is 2.84. The van der Waals surface area contributed by atoms with E-state index in [1.54, 1.807) is 4.52 Å². The Hall–Kier alpha value is -1.66. The Morgan fingerprint density at radius 2 is 2.22 bits per heavy atom. The van der Waals surface area contributed by atoms with Crippen LogP contribution in [0.1, 0.15) is 56.1 Å². The molecular formula is C17H25N5O. The van der Waals surface area contributed by atoms with E-state index in [2.05, 4.69) is 29.2 Å². The lowest BCUT2D eigenvalue weighted by molar-refractivity contribution is 0.199. The van der Waals surface area contributed by atoms with Crippen LogP contribution in [0.3, 0.4) is 0 Å². The van der Waals surface area contributed by atoms with Gasteiger partial charge in [-0.1, -0.05) is 6.42 Å². The molecule has 0 bridgehead atoms. The normalized spacial score (nSPS) is 22.7. The van der Waals surface area contributed by atoms with Crippen LogP contribution in [-0.4, -0.2) is 38.6 Å². The average molecular weight is 315 g/mol. The highest BCUT2D eigenvalue weighted by atomic mass is 16.1. The molecule has 2 aromatic rings. The maximum absolute atomic E-state index is 12.8. The molecule has 6 nitrogen and oxygen atoms in total. The molecule has 1 atom stereocenters. The van der Waals surface area contributed by atoms with Gasteiger partial charge in [-0.2, -0.15) is 0 Å². The molecule has 124 valence electrons. The van der Waals surface area contributed by atoms with E-state index >= 15 is 0 Å². The third-order valence-electron chi connectivity index (χ3n) is 5.23. The second kappa shape index (κ2) is 5.76. The molecule has 2 aliphatic rings. The predicted octanol–water partition coefficient (Wildman–Crippen LogP) is 1.60. The Bertz CT molecular complexity index is 769. The molecule has 0 spiro atoms. The van der Waals surface area contributed by atoms with Crippen molar-refractivity contribution in [1.29, 1.82) is 0 Å². The first-order valence-corrected chi connectivity index (χ1v) is 8.74. The average Bonchev–Trinajstić information content (AvgIpc) is 2.99. The van der Waals surface area contributed by atoms with Crippen molar-refractivity contribution in [1.82, 2.24) is 24.8 Å². The highest BCUT2D eigenvalue weighted by Crippen LogP contribution is 2.23. The number of aromatic nitrogens is 3. The minimum absolute atomic E-state index is 0.0791. The summed E-state index contributed by atoms with van der Waals surface area (Å²) in [7, 11) is 0. The van der Waals surface area contributed by atoms with Gasteiger partial charge in [0, 0.05) is 36.8 Å². The van der Waals surface area contributed by atoms with Gasteiger partial charge in [0.1, 0.15) is 0 Å². The van der Waals surface area contributed by atoms with E-state index in [9.17, 15) is 4.79 Å². The van der Waals surface area contributed by atoms with Gasteiger partial charge in [0.15, 0.2) is 5.65 Å². The standard InChI is InChI=1S/C17H25N5O/c1-11(2)21-8-6-12-15(10-21)19-16-9-14(20-22(16)17(12)23)13-5-3-4-7-18-13/h9,11,13,18,20H,3-8,10H2,1-2H3/t13-/m1/s1. The Labute approximate surface area is 135 Å². The molecule has 2 aromatic heterocycles. The number of hydrogen-bond acceptors (Lipinski definition) is 4. The summed E-state index contributed by atoms with van der Waals surface area (Å²) in [6.45, 7) is 7.15. The number of nitrogens with zero attached hydrogens (tertiary/aromatic N) is 3. The van der Waals surface area contributed by atoms with Crippen LogP contribution in [0.25, 0.3) is 5.65 Å². The van der Waals surface area contributed by atoms with Crippen molar-refractivity contribution in [3.05, 3.63) is 33.4 Å². The van der Waals surface area contributed by atoms with E-state index in [0.29, 0.717) is 12.1 Å². The molecule has 0 saturated carbocycles. The molecule has 1 fully saturated rings. The number of nitrogens with one attached hydrogen (secondary N) is 2. The van der Waals surface area contributed by atoms with Gasteiger partial charge < -0.3 is 5.32 Å². The first-order valence-electron chi connectivity index (χ1n) is 8.74. The fraction of sp³-hybridized carbons (Fsp3) is 0.647. The Morgan fingerprint density at radius 1 is 1.35 bits per heavy atom. The summed E-state index contributed by atoms with van der Waals surface area (Å²) < 4.78 is 1.63. The largest absolute Gasteiger partial charge is 0.309 e. The minimum atomic E-state index is 0.0791. The zero-order chi connectivity index (χ0) is 16.0. The summed E-state index contributed by atoms with van der Waals surface area (Å²) in [5.41, 5.74) is 3.75. The van der Waals surface area contributed by atoms with E-state index in [1.165, 1.54) is 12.8 Å². The van der Waals surface area contributed by atoms with E-state index in [1.807, 2.05) is 6.07 Å². The molecular weight excluding hydrogens is 290 g/mol. The quantitative estimate of drug-likeness (QED) is 0.883. The molecule has 0 aromatic carbocycles. The third-order valence-corrected chi connectivity index (χ3v) is 5.23. The summed E-state index contributed by atoms with van der Waals surface area (Å²) in [5.74, 6) is 0. The van der Waals surface area contributed by atoms with Crippen molar-refractivity contribution in [2.45, 2.75) is 58.2 Å². The summed E-state index contributed by atoms with van der Waals surface area (Å²) >= 11 is 0. The smallest absolute Gasteiger partial charge is 0.276 e. The fourth-order valence-corrected chi connectivity index (χ4v) is 3.77. The molecule has 1 saturated heterocycles. The van der Waals surface area contributed by atoms with Crippen molar-refractivity contribution in [3.8, 4) is 0 Å². The highest BCUT2D eigenvalue weighted by molar-refractivity contribution is 5.43. The Balaban J connectivity index is 1.74. The topological polar surface area (TPSA) is 65.4 Å². The Kier molecular flexibility index (Phi) is 3.73. The zero-order valence-electron chi connectivity index (χ0n) is 13.9. The van der Waals surface area contributed by atoms with Crippen LogP contribution in [0.15, 0.2) is 10.9 Å². The molecule has 0 radical (unpaired) electrons. The molecule has 0 amide bonds. The van der Waals surface area contributed by atoms with Gasteiger partial charge >= 0.3 is 0 Å². The molecule has 2 N–H and O–H groups in total. The molecule has 0 aliphatic carbocycles. The van der Waals surface area contributed by atoms with Crippen LogP contribution < -0.4 is 10.9 Å². The first-order chi connectivity index (χ1) is 11.1. The second-order valence-corrected chi connectivity index (χ2v) is 7.06. The van der Waals surface area contributed by atoms with Gasteiger partial charge in [-0.25, -0.2) is 9.50 Å². The van der Waals surface area contributed by atoms with Crippen LogP contribution in [0.4, 0.5) is 0 Å². The van der Waals surface area contributed by atoms with Crippen molar-refractivity contribution in [2.24, 2.45) is 0 Å². The monoisotopic (exact) mass is 315 g/mol. The lowest BCUT2D eigenvalue weighted by atomic mass is 10.0. The lowest BCUT2D eigenvalue weighted by Gasteiger charge is -2.30. The van der Waals surface area contributed by atoms with E-state index < -0.39 is 0 Å². The van der Waals surface area contributed by atoms with Gasteiger partial charge in [-0.05, 0) is 39.7 Å². The van der Waals surface area contributed by atoms with Crippen molar-refractivity contribution in [2.75, 3.05) is 13.1 Å². The third kappa shape index (κ3) is 2.60. The molecule has 4 rings (SSSR count). The van der Waals surface area contributed by atoms with Crippen molar-refractivity contribution < 1.29 is 0 Å².